The molecule has 1 fully saturated rings. The van der Waals surface area contributed by atoms with Crippen LogP contribution in [0.4, 0.5) is 0 Å². The molecule has 0 spiro atoms. The molecule has 84 valence electrons. The molecule has 0 amide bonds. The fourth-order valence-corrected chi connectivity index (χ4v) is 2.00. The Morgan fingerprint density at radius 1 is 1.33 bits per heavy atom. The largest absolute Gasteiger partial charge is 0.376 e. The number of hydrogen-bond acceptors (Lipinski definition) is 2. The molecule has 1 aliphatic rings. The van der Waals surface area contributed by atoms with Gasteiger partial charge < -0.3 is 10.1 Å². The summed E-state index contributed by atoms with van der Waals surface area (Å²) < 4.78 is 5.58. The van der Waals surface area contributed by atoms with E-state index in [-0.39, 0.29) is 18.5 Å². The predicted octanol–water partition coefficient (Wildman–Crippen LogP) is 2.32. The molecule has 0 bridgehead atoms. The van der Waals surface area contributed by atoms with Crippen LogP contribution in [0.1, 0.15) is 17.2 Å². The van der Waals surface area contributed by atoms with Crippen molar-refractivity contribution in [3.8, 4) is 0 Å². The monoisotopic (exact) mass is 227 g/mol. The van der Waals surface area contributed by atoms with Gasteiger partial charge in [-0.2, -0.15) is 0 Å². The van der Waals surface area contributed by atoms with Crippen LogP contribution in [0.15, 0.2) is 24.3 Å². The van der Waals surface area contributed by atoms with Crippen LogP contribution in [0.25, 0.3) is 0 Å². The topological polar surface area (TPSA) is 21.3 Å². The van der Waals surface area contributed by atoms with Crippen molar-refractivity contribution in [1.29, 1.82) is 0 Å². The van der Waals surface area contributed by atoms with E-state index in [9.17, 15) is 0 Å². The minimum atomic E-state index is 0. The highest BCUT2D eigenvalue weighted by Gasteiger charge is 2.28. The maximum Gasteiger partial charge on any atom is 0.0876 e. The van der Waals surface area contributed by atoms with Gasteiger partial charge in [0.2, 0.25) is 0 Å². The molecular formula is C12H18ClNO. The predicted molar refractivity (Wildman–Crippen MR) is 64.5 cm³/mol. The third kappa shape index (κ3) is 2.51. The Balaban J connectivity index is 0.00000112. The Morgan fingerprint density at radius 3 is 2.47 bits per heavy atom. The third-order valence-electron chi connectivity index (χ3n) is 2.99. The van der Waals surface area contributed by atoms with Crippen molar-refractivity contribution >= 4 is 12.4 Å². The second kappa shape index (κ2) is 5.50. The molecule has 1 unspecified atom stereocenters. The van der Waals surface area contributed by atoms with E-state index >= 15 is 0 Å². The summed E-state index contributed by atoms with van der Waals surface area (Å²) in [5.74, 6) is 0.640. The zero-order valence-corrected chi connectivity index (χ0v) is 10.0. The summed E-state index contributed by atoms with van der Waals surface area (Å²) in [5.41, 5.74) is 2.66. The van der Waals surface area contributed by atoms with Gasteiger partial charge in [0.25, 0.3) is 0 Å². The van der Waals surface area contributed by atoms with Gasteiger partial charge in [-0.25, -0.2) is 0 Å². The second-order valence-electron chi connectivity index (χ2n) is 3.93. The van der Waals surface area contributed by atoms with Crippen LogP contribution in [0, 0.1) is 12.8 Å². The number of ether oxygens (including phenoxy) is 1. The van der Waals surface area contributed by atoms with E-state index in [2.05, 4.69) is 36.5 Å². The van der Waals surface area contributed by atoms with Crippen LogP contribution < -0.4 is 5.32 Å². The van der Waals surface area contributed by atoms with Crippen LogP contribution in [0.3, 0.4) is 0 Å². The molecule has 1 saturated heterocycles. The Hall–Kier alpha value is -0.570. The van der Waals surface area contributed by atoms with Crippen molar-refractivity contribution in [3.05, 3.63) is 35.4 Å². The molecule has 1 heterocycles. The van der Waals surface area contributed by atoms with Gasteiger partial charge in [0.05, 0.1) is 6.10 Å². The molecular weight excluding hydrogens is 210 g/mol. The zero-order chi connectivity index (χ0) is 9.97. The van der Waals surface area contributed by atoms with Crippen molar-refractivity contribution < 1.29 is 4.74 Å². The van der Waals surface area contributed by atoms with E-state index in [0.717, 1.165) is 13.1 Å². The van der Waals surface area contributed by atoms with Crippen molar-refractivity contribution in [3.63, 3.8) is 0 Å². The maximum atomic E-state index is 5.58. The van der Waals surface area contributed by atoms with Gasteiger partial charge in [0, 0.05) is 26.1 Å². The van der Waals surface area contributed by atoms with Crippen molar-refractivity contribution in [2.45, 2.75) is 13.0 Å². The third-order valence-corrected chi connectivity index (χ3v) is 2.99. The summed E-state index contributed by atoms with van der Waals surface area (Å²) in [7, 11) is 1.80. The Labute approximate surface area is 97.4 Å². The van der Waals surface area contributed by atoms with E-state index < -0.39 is 0 Å². The molecule has 0 aromatic heterocycles. The molecule has 2 rings (SSSR count). The Kier molecular flexibility index (Phi) is 4.58. The first-order valence-corrected chi connectivity index (χ1v) is 5.12. The Morgan fingerprint density at radius 2 is 2.00 bits per heavy atom. The van der Waals surface area contributed by atoms with Crippen LogP contribution >= 0.6 is 12.4 Å². The number of halogens is 1. The van der Waals surface area contributed by atoms with E-state index in [1.807, 2.05) is 0 Å². The van der Waals surface area contributed by atoms with Crippen molar-refractivity contribution in [2.75, 3.05) is 20.2 Å². The normalized spacial score (nSPS) is 17.7. The van der Waals surface area contributed by atoms with Gasteiger partial charge in [0.1, 0.15) is 0 Å². The summed E-state index contributed by atoms with van der Waals surface area (Å²) in [5, 5.41) is 3.29. The molecule has 1 N–H and O–H groups in total. The van der Waals surface area contributed by atoms with Gasteiger partial charge in [-0.05, 0) is 18.1 Å². The van der Waals surface area contributed by atoms with Crippen LogP contribution in [-0.4, -0.2) is 20.2 Å². The molecule has 15 heavy (non-hydrogen) atoms. The molecule has 3 heteroatoms. The smallest absolute Gasteiger partial charge is 0.0876 e. The van der Waals surface area contributed by atoms with Gasteiger partial charge in [-0.1, -0.05) is 24.3 Å². The highest BCUT2D eigenvalue weighted by atomic mass is 35.5. The number of nitrogens with one attached hydrogen (secondary N) is 1. The van der Waals surface area contributed by atoms with Gasteiger partial charge >= 0.3 is 0 Å². The van der Waals surface area contributed by atoms with Gasteiger partial charge in [-0.3, -0.25) is 0 Å². The minimum absolute atomic E-state index is 0. The van der Waals surface area contributed by atoms with E-state index in [1.165, 1.54) is 11.1 Å². The molecule has 1 aromatic rings. The molecule has 2 nitrogen and oxygen atoms in total. The summed E-state index contributed by atoms with van der Waals surface area (Å²) >= 11 is 0. The average molecular weight is 228 g/mol. The average Bonchev–Trinajstić information content (AvgIpc) is 2.12. The van der Waals surface area contributed by atoms with Crippen LogP contribution in [-0.2, 0) is 4.74 Å². The number of rotatable bonds is 3. The van der Waals surface area contributed by atoms with E-state index in [1.54, 1.807) is 7.11 Å². The summed E-state index contributed by atoms with van der Waals surface area (Å²) in [6, 6.07) is 8.47. The summed E-state index contributed by atoms with van der Waals surface area (Å²) in [4.78, 5) is 0. The fraction of sp³-hybridized carbons (Fsp3) is 0.500. The van der Waals surface area contributed by atoms with Crippen LogP contribution in [0.2, 0.25) is 0 Å². The molecule has 0 radical (unpaired) electrons. The number of benzene rings is 1. The lowest BCUT2D eigenvalue weighted by Gasteiger charge is -2.34. The first-order valence-electron chi connectivity index (χ1n) is 5.12. The lowest BCUT2D eigenvalue weighted by Crippen LogP contribution is -2.45. The second-order valence-corrected chi connectivity index (χ2v) is 3.93. The Bertz CT molecular complexity index is 312. The molecule has 1 aliphatic heterocycles. The van der Waals surface area contributed by atoms with E-state index in [4.69, 9.17) is 4.74 Å². The fourth-order valence-electron chi connectivity index (χ4n) is 2.00. The number of aryl methyl sites for hydroxylation is 1. The molecule has 1 atom stereocenters. The zero-order valence-electron chi connectivity index (χ0n) is 9.19. The number of hydrogen-bond donors (Lipinski definition) is 1. The lowest BCUT2D eigenvalue weighted by atomic mass is 9.89. The van der Waals surface area contributed by atoms with Crippen LogP contribution in [0.5, 0.6) is 0 Å². The highest BCUT2D eigenvalue weighted by Crippen LogP contribution is 2.29. The van der Waals surface area contributed by atoms with Crippen molar-refractivity contribution in [1.82, 2.24) is 5.32 Å². The lowest BCUT2D eigenvalue weighted by molar-refractivity contribution is 0.0288. The molecule has 1 aromatic carbocycles. The summed E-state index contributed by atoms with van der Waals surface area (Å²) in [6.07, 6.45) is 0.262. The molecule has 0 saturated carbocycles. The quantitative estimate of drug-likeness (QED) is 0.856. The molecule has 0 aliphatic carbocycles. The van der Waals surface area contributed by atoms with Gasteiger partial charge in [-0.15, -0.1) is 12.4 Å². The maximum absolute atomic E-state index is 5.58. The SMILES string of the molecule is COC(c1ccccc1C)C1CNC1.Cl. The minimum Gasteiger partial charge on any atom is -0.376 e. The van der Waals surface area contributed by atoms with E-state index in [0.29, 0.717) is 5.92 Å². The highest BCUT2D eigenvalue weighted by molar-refractivity contribution is 5.85. The standard InChI is InChI=1S/C12H17NO.ClH/c1-9-5-3-4-6-11(9)12(14-2)10-7-13-8-10;/h3-6,10,12-13H,7-8H2,1-2H3;1H. The van der Waals surface area contributed by atoms with Gasteiger partial charge in [0.15, 0.2) is 0 Å². The first-order chi connectivity index (χ1) is 6.83. The first kappa shape index (κ1) is 12.5. The summed E-state index contributed by atoms with van der Waals surface area (Å²) in [6.45, 7) is 4.30. The number of methoxy groups -OCH3 is 1. The van der Waals surface area contributed by atoms with Crippen molar-refractivity contribution in [2.24, 2.45) is 5.92 Å².